The standard InChI is InChI=1S/C14H16F3N3O4/c15-14(16,17)7-24-10-3-1-2-8(4-10)19-13(23)20-6-9(21)5-11(20)12(18)22/h1-4,9,11,21H,5-7H2,(H2,18,22)(H,19,23). The largest absolute Gasteiger partial charge is 0.484 e. The van der Waals surface area contributed by atoms with E-state index >= 15 is 0 Å². The Balaban J connectivity index is 2.02. The van der Waals surface area contributed by atoms with Crippen molar-refractivity contribution >= 4 is 17.6 Å². The zero-order valence-corrected chi connectivity index (χ0v) is 12.4. The Labute approximate surface area is 135 Å². The summed E-state index contributed by atoms with van der Waals surface area (Å²) in [5, 5.41) is 12.0. The molecule has 1 aliphatic heterocycles. The van der Waals surface area contributed by atoms with Crippen molar-refractivity contribution in [3.8, 4) is 5.75 Å². The molecule has 1 aromatic rings. The summed E-state index contributed by atoms with van der Waals surface area (Å²) in [5.41, 5.74) is 5.37. The Hall–Kier alpha value is -2.49. The Bertz CT molecular complexity index is 624. The van der Waals surface area contributed by atoms with Gasteiger partial charge in [-0.1, -0.05) is 6.07 Å². The number of likely N-dealkylation sites (tertiary alicyclic amines) is 1. The van der Waals surface area contributed by atoms with E-state index in [0.717, 1.165) is 4.90 Å². The summed E-state index contributed by atoms with van der Waals surface area (Å²) >= 11 is 0. The highest BCUT2D eigenvalue weighted by molar-refractivity contribution is 5.94. The number of amides is 3. The molecule has 10 heteroatoms. The van der Waals surface area contributed by atoms with Gasteiger partial charge in [-0.2, -0.15) is 13.2 Å². The number of halogens is 3. The molecule has 1 fully saturated rings. The number of hydrogen-bond donors (Lipinski definition) is 3. The molecule has 1 saturated heterocycles. The zero-order valence-electron chi connectivity index (χ0n) is 12.4. The van der Waals surface area contributed by atoms with Gasteiger partial charge in [0.15, 0.2) is 6.61 Å². The molecule has 3 amide bonds. The van der Waals surface area contributed by atoms with Gasteiger partial charge < -0.3 is 25.8 Å². The molecular weight excluding hydrogens is 331 g/mol. The first-order valence-corrected chi connectivity index (χ1v) is 7.00. The van der Waals surface area contributed by atoms with E-state index in [9.17, 15) is 27.9 Å². The SMILES string of the molecule is NC(=O)C1CC(O)CN1C(=O)Nc1cccc(OCC(F)(F)F)c1. The van der Waals surface area contributed by atoms with E-state index in [4.69, 9.17) is 5.73 Å². The van der Waals surface area contributed by atoms with Crippen LogP contribution in [0.1, 0.15) is 6.42 Å². The maximum atomic E-state index is 12.2. The molecule has 1 aliphatic rings. The van der Waals surface area contributed by atoms with Gasteiger partial charge in [-0.25, -0.2) is 4.79 Å². The lowest BCUT2D eigenvalue weighted by Gasteiger charge is -2.22. The number of anilines is 1. The molecule has 2 unspecified atom stereocenters. The van der Waals surface area contributed by atoms with Gasteiger partial charge in [-0.15, -0.1) is 0 Å². The van der Waals surface area contributed by atoms with Crippen molar-refractivity contribution in [2.75, 3.05) is 18.5 Å². The molecule has 2 atom stereocenters. The van der Waals surface area contributed by atoms with E-state index in [1.54, 1.807) is 0 Å². The number of aliphatic hydroxyl groups is 1. The van der Waals surface area contributed by atoms with Crippen LogP contribution in [0, 0.1) is 0 Å². The Kier molecular flexibility index (Phi) is 5.17. The summed E-state index contributed by atoms with van der Waals surface area (Å²) in [6.07, 6.45) is -5.30. The third-order valence-electron chi connectivity index (χ3n) is 3.36. The zero-order chi connectivity index (χ0) is 17.9. The molecule has 0 bridgehead atoms. The Morgan fingerprint density at radius 3 is 2.75 bits per heavy atom. The molecule has 0 radical (unpaired) electrons. The van der Waals surface area contributed by atoms with Crippen molar-refractivity contribution in [3.63, 3.8) is 0 Å². The summed E-state index contributed by atoms with van der Waals surface area (Å²) in [7, 11) is 0. The van der Waals surface area contributed by atoms with Crippen LogP contribution in [-0.2, 0) is 4.79 Å². The summed E-state index contributed by atoms with van der Waals surface area (Å²) < 4.78 is 41.0. The van der Waals surface area contributed by atoms with Crippen LogP contribution in [0.3, 0.4) is 0 Å². The van der Waals surface area contributed by atoms with Crippen LogP contribution in [0.4, 0.5) is 23.7 Å². The molecule has 7 nitrogen and oxygen atoms in total. The van der Waals surface area contributed by atoms with Gasteiger partial charge in [0.25, 0.3) is 0 Å². The van der Waals surface area contributed by atoms with Crippen LogP contribution in [-0.4, -0.2) is 53.4 Å². The monoisotopic (exact) mass is 347 g/mol. The number of β-amino-alcohol motifs (C(OH)–C–C–N with tert-alkyl or cyclic N) is 1. The summed E-state index contributed by atoms with van der Waals surface area (Å²) in [4.78, 5) is 24.6. The second kappa shape index (κ2) is 6.95. The van der Waals surface area contributed by atoms with Gasteiger partial charge >= 0.3 is 12.2 Å². The van der Waals surface area contributed by atoms with Crippen LogP contribution in [0.2, 0.25) is 0 Å². The van der Waals surface area contributed by atoms with Crippen LogP contribution >= 0.6 is 0 Å². The van der Waals surface area contributed by atoms with Gasteiger partial charge in [-0.05, 0) is 12.1 Å². The predicted molar refractivity (Wildman–Crippen MR) is 77.3 cm³/mol. The lowest BCUT2D eigenvalue weighted by molar-refractivity contribution is -0.153. The smallest absolute Gasteiger partial charge is 0.422 e. The van der Waals surface area contributed by atoms with Gasteiger partial charge in [-0.3, -0.25) is 4.79 Å². The van der Waals surface area contributed by atoms with Crippen molar-refractivity contribution in [1.29, 1.82) is 0 Å². The van der Waals surface area contributed by atoms with Gasteiger partial charge in [0.1, 0.15) is 11.8 Å². The quantitative estimate of drug-likeness (QED) is 0.758. The fourth-order valence-corrected chi connectivity index (χ4v) is 2.33. The molecule has 0 spiro atoms. The molecule has 4 N–H and O–H groups in total. The predicted octanol–water partition coefficient (Wildman–Crippen LogP) is 1.08. The number of aliphatic hydroxyl groups excluding tert-OH is 1. The second-order valence-electron chi connectivity index (χ2n) is 5.32. The minimum atomic E-state index is -4.47. The fraction of sp³-hybridized carbons (Fsp3) is 0.429. The average molecular weight is 347 g/mol. The number of primary amides is 1. The number of ether oxygens (including phenoxy) is 1. The highest BCUT2D eigenvalue weighted by Crippen LogP contribution is 2.23. The molecule has 24 heavy (non-hydrogen) atoms. The molecular formula is C14H16F3N3O4. The van der Waals surface area contributed by atoms with Crippen molar-refractivity contribution in [2.45, 2.75) is 24.7 Å². The van der Waals surface area contributed by atoms with E-state index in [1.165, 1.54) is 24.3 Å². The normalized spacial score (nSPS) is 20.8. The highest BCUT2D eigenvalue weighted by Gasteiger charge is 2.37. The van der Waals surface area contributed by atoms with Crippen molar-refractivity contribution in [1.82, 2.24) is 4.90 Å². The molecule has 1 aromatic carbocycles. The number of nitrogens with two attached hydrogens (primary N) is 1. The van der Waals surface area contributed by atoms with Gasteiger partial charge in [0, 0.05) is 24.7 Å². The first-order valence-electron chi connectivity index (χ1n) is 7.00. The number of alkyl halides is 3. The van der Waals surface area contributed by atoms with E-state index in [-0.39, 0.29) is 24.4 Å². The summed E-state index contributed by atoms with van der Waals surface area (Å²) in [5.74, 6) is -0.818. The maximum Gasteiger partial charge on any atom is 0.422 e. The first kappa shape index (κ1) is 17.9. The van der Waals surface area contributed by atoms with Gasteiger partial charge in [0.2, 0.25) is 5.91 Å². The van der Waals surface area contributed by atoms with Crippen LogP contribution < -0.4 is 15.8 Å². The molecule has 0 saturated carbocycles. The maximum absolute atomic E-state index is 12.2. The van der Waals surface area contributed by atoms with Crippen molar-refractivity contribution in [3.05, 3.63) is 24.3 Å². The third-order valence-corrected chi connectivity index (χ3v) is 3.36. The number of carbonyl (C=O) groups is 2. The highest BCUT2D eigenvalue weighted by atomic mass is 19.4. The molecule has 1 heterocycles. The second-order valence-corrected chi connectivity index (χ2v) is 5.32. The Morgan fingerprint density at radius 1 is 1.42 bits per heavy atom. The molecule has 132 valence electrons. The lowest BCUT2D eigenvalue weighted by Crippen LogP contribution is -2.45. The third kappa shape index (κ3) is 4.75. The van der Waals surface area contributed by atoms with Crippen LogP contribution in [0.15, 0.2) is 24.3 Å². The summed E-state index contributed by atoms with van der Waals surface area (Å²) in [6.45, 7) is -1.52. The van der Waals surface area contributed by atoms with Crippen molar-refractivity contribution < 1.29 is 32.6 Å². The minimum absolute atomic E-state index is 0.0392. The summed E-state index contributed by atoms with van der Waals surface area (Å²) in [6, 6.07) is 3.76. The number of benzene rings is 1. The van der Waals surface area contributed by atoms with Crippen LogP contribution in [0.25, 0.3) is 0 Å². The Morgan fingerprint density at radius 2 is 2.12 bits per heavy atom. The number of urea groups is 1. The number of hydrogen-bond acceptors (Lipinski definition) is 4. The van der Waals surface area contributed by atoms with Crippen molar-refractivity contribution in [2.24, 2.45) is 5.73 Å². The number of nitrogens with zero attached hydrogens (tertiary/aromatic N) is 1. The van der Waals surface area contributed by atoms with E-state index < -0.39 is 36.9 Å². The topological polar surface area (TPSA) is 105 Å². The van der Waals surface area contributed by atoms with E-state index in [2.05, 4.69) is 10.1 Å². The first-order chi connectivity index (χ1) is 11.2. The lowest BCUT2D eigenvalue weighted by atomic mass is 10.2. The van der Waals surface area contributed by atoms with E-state index in [0.29, 0.717) is 0 Å². The molecule has 0 aromatic heterocycles. The number of rotatable bonds is 4. The number of carbonyl (C=O) groups excluding carboxylic acids is 2. The molecule has 0 aliphatic carbocycles. The average Bonchev–Trinajstić information content (AvgIpc) is 2.87. The molecule has 2 rings (SSSR count). The van der Waals surface area contributed by atoms with E-state index in [1.807, 2.05) is 0 Å². The minimum Gasteiger partial charge on any atom is -0.484 e. The van der Waals surface area contributed by atoms with Gasteiger partial charge in [0.05, 0.1) is 6.10 Å². The fourth-order valence-electron chi connectivity index (χ4n) is 2.33. The van der Waals surface area contributed by atoms with Crippen LogP contribution in [0.5, 0.6) is 5.75 Å². The number of nitrogens with one attached hydrogen (secondary N) is 1.